The molecule has 1 aliphatic rings. The molecule has 0 N–H and O–H groups in total. The Bertz CT molecular complexity index is 399. The molecule has 15 heavy (non-hydrogen) atoms. The van der Waals surface area contributed by atoms with Crippen LogP contribution in [0.3, 0.4) is 0 Å². The van der Waals surface area contributed by atoms with Gasteiger partial charge in [-0.25, -0.2) is 0 Å². The number of ether oxygens (including phenoxy) is 1. The van der Waals surface area contributed by atoms with Gasteiger partial charge in [-0.3, -0.25) is 0 Å². The maximum Gasteiger partial charge on any atom is 0.119 e. The number of methoxy groups -OCH3 is 1. The van der Waals surface area contributed by atoms with Crippen LogP contribution in [0.4, 0.5) is 0 Å². The quantitative estimate of drug-likeness (QED) is 0.737. The summed E-state index contributed by atoms with van der Waals surface area (Å²) in [6, 6.07) is 10.3. The fourth-order valence-corrected chi connectivity index (χ4v) is 2.44. The molecule has 0 atom stereocenters. The number of nitrogens with zero attached hydrogens (tertiary/aromatic N) is 1. The molecule has 0 amide bonds. The van der Waals surface area contributed by atoms with E-state index in [-0.39, 0.29) is 5.41 Å². The summed E-state index contributed by atoms with van der Waals surface area (Å²) in [5.74, 6) is 1.50. The normalized spacial score (nSPS) is 29.0. The van der Waals surface area contributed by atoms with Crippen molar-refractivity contribution in [2.45, 2.75) is 25.2 Å². The SMILES string of the molecule is COc1cccc(C2(C#N)CC(C)C2)c1. The summed E-state index contributed by atoms with van der Waals surface area (Å²) in [6.07, 6.45) is 1.94. The lowest BCUT2D eigenvalue weighted by atomic mass is 9.60. The van der Waals surface area contributed by atoms with Gasteiger partial charge >= 0.3 is 0 Å². The summed E-state index contributed by atoms with van der Waals surface area (Å²) in [7, 11) is 1.65. The van der Waals surface area contributed by atoms with E-state index in [1.165, 1.54) is 0 Å². The molecule has 0 aromatic heterocycles. The third-order valence-electron chi connectivity index (χ3n) is 3.23. The van der Waals surface area contributed by atoms with Crippen molar-refractivity contribution in [1.82, 2.24) is 0 Å². The molecule has 2 nitrogen and oxygen atoms in total. The monoisotopic (exact) mass is 201 g/mol. The van der Waals surface area contributed by atoms with Crippen LogP contribution in [-0.2, 0) is 5.41 Å². The highest BCUT2D eigenvalue weighted by molar-refractivity contribution is 5.40. The van der Waals surface area contributed by atoms with Gasteiger partial charge in [0.05, 0.1) is 18.6 Å². The molecule has 2 heteroatoms. The molecule has 0 spiro atoms. The molecule has 78 valence electrons. The van der Waals surface area contributed by atoms with Gasteiger partial charge in [-0.05, 0) is 36.5 Å². The van der Waals surface area contributed by atoms with Crippen molar-refractivity contribution in [3.8, 4) is 11.8 Å². The zero-order valence-electron chi connectivity index (χ0n) is 9.16. The molecule has 1 aliphatic carbocycles. The van der Waals surface area contributed by atoms with E-state index in [0.29, 0.717) is 5.92 Å². The van der Waals surface area contributed by atoms with Gasteiger partial charge in [0.15, 0.2) is 0 Å². The summed E-state index contributed by atoms with van der Waals surface area (Å²) in [5.41, 5.74) is 0.843. The van der Waals surface area contributed by atoms with E-state index < -0.39 is 0 Å². The Labute approximate surface area is 90.5 Å². The summed E-state index contributed by atoms with van der Waals surface area (Å²) in [4.78, 5) is 0. The summed E-state index contributed by atoms with van der Waals surface area (Å²) in [5, 5.41) is 9.28. The summed E-state index contributed by atoms with van der Waals surface area (Å²) < 4.78 is 5.18. The summed E-state index contributed by atoms with van der Waals surface area (Å²) in [6.45, 7) is 2.19. The topological polar surface area (TPSA) is 33.0 Å². The molecule has 0 heterocycles. The Balaban J connectivity index is 2.32. The Hall–Kier alpha value is -1.49. The fraction of sp³-hybridized carbons (Fsp3) is 0.462. The van der Waals surface area contributed by atoms with Gasteiger partial charge in [-0.15, -0.1) is 0 Å². The molecular weight excluding hydrogens is 186 g/mol. The molecule has 0 unspecified atom stereocenters. The van der Waals surface area contributed by atoms with Crippen molar-refractivity contribution in [3.05, 3.63) is 29.8 Å². The zero-order chi connectivity index (χ0) is 10.9. The predicted octanol–water partition coefficient (Wildman–Crippen LogP) is 2.89. The van der Waals surface area contributed by atoms with Crippen LogP contribution < -0.4 is 4.74 Å². The minimum Gasteiger partial charge on any atom is -0.497 e. The lowest BCUT2D eigenvalue weighted by molar-refractivity contribution is 0.216. The molecular formula is C13H15NO. The standard InChI is InChI=1S/C13H15NO/c1-10-7-13(8-10,9-14)11-4-3-5-12(6-11)15-2/h3-6,10H,7-8H2,1-2H3. The second kappa shape index (κ2) is 3.58. The van der Waals surface area contributed by atoms with Gasteiger partial charge in [-0.1, -0.05) is 19.1 Å². The van der Waals surface area contributed by atoms with Crippen molar-refractivity contribution < 1.29 is 4.74 Å². The minimum atomic E-state index is -0.256. The molecule has 0 bridgehead atoms. The first-order valence-electron chi connectivity index (χ1n) is 5.26. The van der Waals surface area contributed by atoms with E-state index in [9.17, 15) is 5.26 Å². The van der Waals surface area contributed by atoms with Gasteiger partial charge in [0.25, 0.3) is 0 Å². The van der Waals surface area contributed by atoms with Crippen molar-refractivity contribution in [2.24, 2.45) is 5.92 Å². The van der Waals surface area contributed by atoms with Gasteiger partial charge in [0, 0.05) is 0 Å². The molecule has 1 aromatic rings. The van der Waals surface area contributed by atoms with Crippen molar-refractivity contribution in [2.75, 3.05) is 7.11 Å². The van der Waals surface area contributed by atoms with Crippen molar-refractivity contribution in [1.29, 1.82) is 5.26 Å². The van der Waals surface area contributed by atoms with E-state index in [0.717, 1.165) is 24.2 Å². The highest BCUT2D eigenvalue weighted by atomic mass is 16.5. The molecule has 1 saturated carbocycles. The fourth-order valence-electron chi connectivity index (χ4n) is 2.44. The highest BCUT2D eigenvalue weighted by Gasteiger charge is 2.43. The van der Waals surface area contributed by atoms with E-state index in [1.807, 2.05) is 24.3 Å². The van der Waals surface area contributed by atoms with Gasteiger partial charge in [-0.2, -0.15) is 5.26 Å². The van der Waals surface area contributed by atoms with Gasteiger partial charge in [0.2, 0.25) is 0 Å². The molecule has 0 radical (unpaired) electrons. The molecule has 1 aromatic carbocycles. The van der Waals surface area contributed by atoms with E-state index >= 15 is 0 Å². The largest absolute Gasteiger partial charge is 0.497 e. The lowest BCUT2D eigenvalue weighted by Crippen LogP contribution is -2.38. The third-order valence-corrected chi connectivity index (χ3v) is 3.23. The molecule has 1 fully saturated rings. The predicted molar refractivity (Wildman–Crippen MR) is 58.7 cm³/mol. The van der Waals surface area contributed by atoms with Crippen LogP contribution in [0, 0.1) is 17.2 Å². The van der Waals surface area contributed by atoms with E-state index in [1.54, 1.807) is 7.11 Å². The van der Waals surface area contributed by atoms with Crippen LogP contribution in [0.5, 0.6) is 5.75 Å². The zero-order valence-corrected chi connectivity index (χ0v) is 9.16. The maximum absolute atomic E-state index is 9.28. The maximum atomic E-state index is 9.28. The van der Waals surface area contributed by atoms with E-state index in [4.69, 9.17) is 4.74 Å². The molecule has 0 saturated heterocycles. The number of hydrogen-bond donors (Lipinski definition) is 0. The smallest absolute Gasteiger partial charge is 0.119 e. The number of nitriles is 1. The number of benzene rings is 1. The Morgan fingerprint density at radius 3 is 2.73 bits per heavy atom. The number of rotatable bonds is 2. The van der Waals surface area contributed by atoms with Crippen LogP contribution >= 0.6 is 0 Å². The van der Waals surface area contributed by atoms with Gasteiger partial charge in [0.1, 0.15) is 5.75 Å². The average molecular weight is 201 g/mol. The van der Waals surface area contributed by atoms with Crippen LogP contribution in [0.25, 0.3) is 0 Å². The van der Waals surface area contributed by atoms with Crippen LogP contribution in [0.1, 0.15) is 25.3 Å². The Kier molecular flexibility index (Phi) is 2.40. The second-order valence-electron chi connectivity index (χ2n) is 4.44. The lowest BCUT2D eigenvalue weighted by Gasteiger charge is -2.41. The van der Waals surface area contributed by atoms with Gasteiger partial charge < -0.3 is 4.74 Å². The number of hydrogen-bond acceptors (Lipinski definition) is 2. The van der Waals surface area contributed by atoms with Crippen LogP contribution in [0.15, 0.2) is 24.3 Å². The second-order valence-corrected chi connectivity index (χ2v) is 4.44. The first kappa shape index (κ1) is 10.0. The summed E-state index contributed by atoms with van der Waals surface area (Å²) >= 11 is 0. The first-order valence-corrected chi connectivity index (χ1v) is 5.26. The Morgan fingerprint density at radius 2 is 2.20 bits per heavy atom. The Morgan fingerprint density at radius 1 is 1.47 bits per heavy atom. The first-order chi connectivity index (χ1) is 7.20. The van der Waals surface area contributed by atoms with Crippen molar-refractivity contribution >= 4 is 0 Å². The van der Waals surface area contributed by atoms with Crippen LogP contribution in [0.2, 0.25) is 0 Å². The average Bonchev–Trinajstić information content (AvgIpc) is 2.24. The molecule has 2 rings (SSSR count). The van der Waals surface area contributed by atoms with E-state index in [2.05, 4.69) is 13.0 Å². The molecule has 0 aliphatic heterocycles. The van der Waals surface area contributed by atoms with Crippen LogP contribution in [-0.4, -0.2) is 7.11 Å². The van der Waals surface area contributed by atoms with Crippen molar-refractivity contribution in [3.63, 3.8) is 0 Å². The highest BCUT2D eigenvalue weighted by Crippen LogP contribution is 2.47. The minimum absolute atomic E-state index is 0.256. The third kappa shape index (κ3) is 1.59.